The van der Waals surface area contributed by atoms with Gasteiger partial charge in [0, 0.05) is 15.0 Å². The molecule has 1 unspecified atom stereocenters. The van der Waals surface area contributed by atoms with Crippen LogP contribution < -0.4 is 5.73 Å². The molecule has 2 N–H and O–H groups in total. The fraction of sp³-hybridized carbons (Fsp3) is 0.0588. The van der Waals surface area contributed by atoms with E-state index in [2.05, 4.69) is 24.3 Å². The number of hydrogen-bond acceptors (Lipinski definition) is 3. The Morgan fingerprint density at radius 3 is 2.45 bits per heavy atom. The highest BCUT2D eigenvalue weighted by molar-refractivity contribution is 7.19. The normalized spacial score (nSPS) is 13.1. The standard InChI is InChI=1S/C17H13NOS/c18-17(14-9-11-5-1-3-7-13(11)19-14)16-10-12-6-2-4-8-15(12)20-16/h1-10,17H,18H2. The van der Waals surface area contributed by atoms with Gasteiger partial charge in [0.15, 0.2) is 0 Å². The highest BCUT2D eigenvalue weighted by Crippen LogP contribution is 2.33. The Labute approximate surface area is 120 Å². The van der Waals surface area contributed by atoms with Crippen molar-refractivity contribution < 1.29 is 4.42 Å². The van der Waals surface area contributed by atoms with Gasteiger partial charge >= 0.3 is 0 Å². The molecule has 0 aliphatic rings. The zero-order chi connectivity index (χ0) is 13.5. The number of furan rings is 1. The van der Waals surface area contributed by atoms with Crippen LogP contribution in [0, 0.1) is 0 Å². The molecule has 0 amide bonds. The lowest BCUT2D eigenvalue weighted by Gasteiger charge is -2.04. The molecule has 98 valence electrons. The molecule has 1 atom stereocenters. The van der Waals surface area contributed by atoms with Crippen LogP contribution in [0.2, 0.25) is 0 Å². The highest BCUT2D eigenvalue weighted by atomic mass is 32.1. The van der Waals surface area contributed by atoms with Gasteiger partial charge in [-0.25, -0.2) is 0 Å². The number of para-hydroxylation sites is 1. The summed E-state index contributed by atoms with van der Waals surface area (Å²) in [5.74, 6) is 0.817. The van der Waals surface area contributed by atoms with Gasteiger partial charge in [-0.05, 0) is 29.7 Å². The van der Waals surface area contributed by atoms with Gasteiger partial charge in [0.1, 0.15) is 11.3 Å². The molecule has 0 fully saturated rings. The van der Waals surface area contributed by atoms with Crippen molar-refractivity contribution in [1.82, 2.24) is 0 Å². The second-order valence-electron chi connectivity index (χ2n) is 4.85. The van der Waals surface area contributed by atoms with Crippen molar-refractivity contribution in [2.75, 3.05) is 0 Å². The first-order valence-corrected chi connectivity index (χ1v) is 7.35. The molecule has 20 heavy (non-hydrogen) atoms. The molecule has 0 spiro atoms. The van der Waals surface area contributed by atoms with Crippen LogP contribution in [0.3, 0.4) is 0 Å². The largest absolute Gasteiger partial charge is 0.459 e. The molecule has 0 saturated carbocycles. The number of nitrogens with two attached hydrogens (primary N) is 1. The van der Waals surface area contributed by atoms with Crippen LogP contribution in [-0.4, -0.2) is 0 Å². The molecule has 0 aliphatic carbocycles. The van der Waals surface area contributed by atoms with Crippen molar-refractivity contribution in [3.8, 4) is 0 Å². The molecule has 2 heterocycles. The van der Waals surface area contributed by atoms with E-state index in [-0.39, 0.29) is 6.04 Å². The zero-order valence-electron chi connectivity index (χ0n) is 10.7. The van der Waals surface area contributed by atoms with Gasteiger partial charge in [0.2, 0.25) is 0 Å². The quantitative estimate of drug-likeness (QED) is 0.578. The van der Waals surface area contributed by atoms with Crippen molar-refractivity contribution >= 4 is 32.4 Å². The van der Waals surface area contributed by atoms with Gasteiger partial charge in [-0.1, -0.05) is 36.4 Å². The van der Waals surface area contributed by atoms with Crippen LogP contribution in [0.5, 0.6) is 0 Å². The molecule has 4 rings (SSSR count). The first-order chi connectivity index (χ1) is 9.81. The highest BCUT2D eigenvalue weighted by Gasteiger charge is 2.16. The fourth-order valence-electron chi connectivity index (χ4n) is 2.45. The summed E-state index contributed by atoms with van der Waals surface area (Å²) in [5, 5.41) is 2.33. The van der Waals surface area contributed by atoms with E-state index in [4.69, 9.17) is 10.2 Å². The average Bonchev–Trinajstić information content (AvgIpc) is 3.10. The third-order valence-corrected chi connectivity index (χ3v) is 4.70. The van der Waals surface area contributed by atoms with Gasteiger partial charge in [-0.3, -0.25) is 0 Å². The Morgan fingerprint density at radius 2 is 1.65 bits per heavy atom. The summed E-state index contributed by atoms with van der Waals surface area (Å²) in [6, 6.07) is 20.3. The lowest BCUT2D eigenvalue weighted by molar-refractivity contribution is 0.528. The molecule has 4 aromatic rings. The molecule has 2 aromatic heterocycles. The molecule has 0 radical (unpaired) electrons. The van der Waals surface area contributed by atoms with Gasteiger partial charge in [-0.2, -0.15) is 0 Å². The van der Waals surface area contributed by atoms with Crippen LogP contribution in [-0.2, 0) is 0 Å². The maximum atomic E-state index is 6.36. The van der Waals surface area contributed by atoms with E-state index in [0.717, 1.165) is 21.6 Å². The summed E-state index contributed by atoms with van der Waals surface area (Å²) in [6.07, 6.45) is 0. The molecule has 2 aromatic carbocycles. The van der Waals surface area contributed by atoms with Gasteiger partial charge in [0.25, 0.3) is 0 Å². The summed E-state index contributed by atoms with van der Waals surface area (Å²) < 4.78 is 7.12. The predicted octanol–water partition coefficient (Wildman–Crippen LogP) is 4.70. The minimum atomic E-state index is -0.209. The second-order valence-corrected chi connectivity index (χ2v) is 5.97. The van der Waals surface area contributed by atoms with Gasteiger partial charge in [0.05, 0.1) is 6.04 Å². The number of fused-ring (bicyclic) bond motifs is 2. The SMILES string of the molecule is NC(c1cc2ccccc2o1)c1cc2ccccc2s1. The molecule has 0 aliphatic heterocycles. The smallest absolute Gasteiger partial charge is 0.134 e. The summed E-state index contributed by atoms with van der Waals surface area (Å²) in [5.41, 5.74) is 7.25. The lowest BCUT2D eigenvalue weighted by Crippen LogP contribution is -2.08. The van der Waals surface area contributed by atoms with Crippen molar-refractivity contribution in [3.05, 3.63) is 71.3 Å². The Balaban J connectivity index is 1.80. The van der Waals surface area contributed by atoms with E-state index in [0.29, 0.717) is 0 Å². The van der Waals surface area contributed by atoms with E-state index in [1.54, 1.807) is 11.3 Å². The molecular formula is C17H13NOS. The summed E-state index contributed by atoms with van der Waals surface area (Å²) in [4.78, 5) is 1.13. The van der Waals surface area contributed by atoms with Crippen LogP contribution >= 0.6 is 11.3 Å². The topological polar surface area (TPSA) is 39.2 Å². The number of thiophene rings is 1. The van der Waals surface area contributed by atoms with Crippen molar-refractivity contribution in [3.63, 3.8) is 0 Å². The minimum absolute atomic E-state index is 0.209. The summed E-state index contributed by atoms with van der Waals surface area (Å²) in [7, 11) is 0. The Hall–Kier alpha value is -2.10. The maximum Gasteiger partial charge on any atom is 0.134 e. The third kappa shape index (κ3) is 1.83. The van der Waals surface area contributed by atoms with Crippen molar-refractivity contribution in [1.29, 1.82) is 0 Å². The second kappa shape index (κ2) is 4.47. The van der Waals surface area contributed by atoms with E-state index in [1.807, 2.05) is 36.4 Å². The predicted molar refractivity (Wildman–Crippen MR) is 84.1 cm³/mol. The molecule has 0 bridgehead atoms. The van der Waals surface area contributed by atoms with Crippen molar-refractivity contribution in [2.24, 2.45) is 5.73 Å². The molecule has 3 heteroatoms. The summed E-state index contributed by atoms with van der Waals surface area (Å²) >= 11 is 1.73. The number of benzene rings is 2. The van der Waals surface area contributed by atoms with Crippen molar-refractivity contribution in [2.45, 2.75) is 6.04 Å². The van der Waals surface area contributed by atoms with Crippen LogP contribution in [0.4, 0.5) is 0 Å². The van der Waals surface area contributed by atoms with E-state index < -0.39 is 0 Å². The Morgan fingerprint density at radius 1 is 0.900 bits per heavy atom. The third-order valence-electron chi connectivity index (χ3n) is 3.50. The van der Waals surface area contributed by atoms with E-state index in [9.17, 15) is 0 Å². The Bertz CT molecular complexity index is 750. The van der Waals surface area contributed by atoms with Gasteiger partial charge < -0.3 is 10.2 Å². The van der Waals surface area contributed by atoms with E-state index in [1.165, 1.54) is 10.1 Å². The first kappa shape index (κ1) is 11.7. The number of rotatable bonds is 2. The molecule has 2 nitrogen and oxygen atoms in total. The fourth-order valence-corrected chi connectivity index (χ4v) is 3.53. The Kier molecular flexibility index (Phi) is 2.62. The average molecular weight is 279 g/mol. The maximum absolute atomic E-state index is 6.36. The monoisotopic (exact) mass is 279 g/mol. The van der Waals surface area contributed by atoms with Crippen LogP contribution in [0.25, 0.3) is 21.1 Å². The van der Waals surface area contributed by atoms with E-state index >= 15 is 0 Å². The first-order valence-electron chi connectivity index (χ1n) is 6.54. The lowest BCUT2D eigenvalue weighted by atomic mass is 10.1. The zero-order valence-corrected chi connectivity index (χ0v) is 11.6. The molecule has 0 saturated heterocycles. The van der Waals surface area contributed by atoms with Crippen LogP contribution in [0.1, 0.15) is 16.7 Å². The number of hydrogen-bond donors (Lipinski definition) is 1. The van der Waals surface area contributed by atoms with Gasteiger partial charge in [-0.15, -0.1) is 11.3 Å². The minimum Gasteiger partial charge on any atom is -0.459 e. The van der Waals surface area contributed by atoms with Crippen LogP contribution in [0.15, 0.2) is 65.1 Å². The summed E-state index contributed by atoms with van der Waals surface area (Å²) in [6.45, 7) is 0. The molecular weight excluding hydrogens is 266 g/mol.